The quantitative estimate of drug-likeness (QED) is 0.527. The Morgan fingerprint density at radius 1 is 1.36 bits per heavy atom. The van der Waals surface area contributed by atoms with Crippen molar-refractivity contribution in [1.82, 2.24) is 0 Å². The molecule has 1 nitrogen and oxygen atoms in total. The van der Waals surface area contributed by atoms with E-state index < -0.39 is 0 Å². The van der Waals surface area contributed by atoms with Gasteiger partial charge in [0.05, 0.1) is 0 Å². The SMILES string of the molecule is CC1(C)[C@H]2[C@@H]1CC[C@@]2(C)C=O. The summed E-state index contributed by atoms with van der Waals surface area (Å²) in [6, 6.07) is 0. The van der Waals surface area contributed by atoms with Gasteiger partial charge in [-0.15, -0.1) is 0 Å². The summed E-state index contributed by atoms with van der Waals surface area (Å²) in [7, 11) is 0. The minimum Gasteiger partial charge on any atom is -0.303 e. The minimum atomic E-state index is 0.0220. The molecule has 2 aliphatic carbocycles. The molecule has 0 aromatic carbocycles. The molecule has 0 aromatic rings. The molecule has 2 saturated carbocycles. The Bertz CT molecular complexity index is 207. The highest BCUT2D eigenvalue weighted by Crippen LogP contribution is 2.72. The molecule has 2 rings (SSSR count). The number of carbonyl (C=O) groups excluding carboxylic acids is 1. The molecular weight excluding hydrogens is 136 g/mol. The van der Waals surface area contributed by atoms with Gasteiger partial charge in [0.1, 0.15) is 6.29 Å². The van der Waals surface area contributed by atoms with Gasteiger partial charge in [-0.3, -0.25) is 0 Å². The molecule has 11 heavy (non-hydrogen) atoms. The Balaban J connectivity index is 2.25. The van der Waals surface area contributed by atoms with Crippen molar-refractivity contribution >= 4 is 6.29 Å². The Morgan fingerprint density at radius 3 is 2.27 bits per heavy atom. The van der Waals surface area contributed by atoms with E-state index in [0.29, 0.717) is 11.3 Å². The first-order valence-electron chi connectivity index (χ1n) is 4.49. The lowest BCUT2D eigenvalue weighted by Gasteiger charge is -2.22. The molecule has 0 spiro atoms. The number of hydrogen-bond acceptors (Lipinski definition) is 1. The monoisotopic (exact) mass is 152 g/mol. The molecular formula is C10H16O. The first-order chi connectivity index (χ1) is 5.02. The molecule has 0 bridgehead atoms. The summed E-state index contributed by atoms with van der Waals surface area (Å²) in [5.41, 5.74) is 0.488. The summed E-state index contributed by atoms with van der Waals surface area (Å²) in [5.74, 6) is 1.53. The standard InChI is InChI=1S/C10H16O/c1-9(2)7-4-5-10(3,6-11)8(7)9/h6-8H,4-5H2,1-3H3/t7-,8+,10-/m0/s1. The van der Waals surface area contributed by atoms with Crippen LogP contribution < -0.4 is 0 Å². The van der Waals surface area contributed by atoms with Crippen molar-refractivity contribution in [3.63, 3.8) is 0 Å². The Kier molecular flexibility index (Phi) is 1.13. The summed E-state index contributed by atoms with van der Waals surface area (Å²) in [5, 5.41) is 0. The van der Waals surface area contributed by atoms with E-state index in [-0.39, 0.29) is 5.41 Å². The van der Waals surface area contributed by atoms with E-state index >= 15 is 0 Å². The van der Waals surface area contributed by atoms with E-state index in [9.17, 15) is 4.79 Å². The molecule has 0 unspecified atom stereocenters. The van der Waals surface area contributed by atoms with Crippen LogP contribution in [0.25, 0.3) is 0 Å². The molecule has 0 aliphatic heterocycles. The van der Waals surface area contributed by atoms with Crippen LogP contribution in [0, 0.1) is 22.7 Å². The van der Waals surface area contributed by atoms with Crippen LogP contribution in [0.5, 0.6) is 0 Å². The van der Waals surface area contributed by atoms with E-state index in [0.717, 1.165) is 12.3 Å². The zero-order valence-corrected chi connectivity index (χ0v) is 7.55. The molecule has 0 amide bonds. The van der Waals surface area contributed by atoms with Crippen molar-refractivity contribution in [3.8, 4) is 0 Å². The lowest BCUT2D eigenvalue weighted by Crippen LogP contribution is -2.21. The van der Waals surface area contributed by atoms with Crippen molar-refractivity contribution in [1.29, 1.82) is 0 Å². The Hall–Kier alpha value is -0.330. The van der Waals surface area contributed by atoms with Crippen molar-refractivity contribution in [2.75, 3.05) is 0 Å². The average molecular weight is 152 g/mol. The molecule has 62 valence electrons. The first-order valence-corrected chi connectivity index (χ1v) is 4.49. The second-order valence-corrected chi connectivity index (χ2v) is 5.07. The van der Waals surface area contributed by atoms with Crippen LogP contribution >= 0.6 is 0 Å². The fourth-order valence-corrected chi connectivity index (χ4v) is 3.35. The number of rotatable bonds is 1. The smallest absolute Gasteiger partial charge is 0.126 e. The normalized spacial score (nSPS) is 51.9. The van der Waals surface area contributed by atoms with Gasteiger partial charge in [0.15, 0.2) is 0 Å². The van der Waals surface area contributed by atoms with Gasteiger partial charge in [0, 0.05) is 5.41 Å². The van der Waals surface area contributed by atoms with Crippen molar-refractivity contribution < 1.29 is 4.79 Å². The topological polar surface area (TPSA) is 17.1 Å². The zero-order chi connectivity index (χ0) is 8.28. The van der Waals surface area contributed by atoms with Crippen LogP contribution in [0.15, 0.2) is 0 Å². The van der Waals surface area contributed by atoms with Gasteiger partial charge in [-0.1, -0.05) is 20.8 Å². The minimum absolute atomic E-state index is 0.0220. The molecule has 0 aromatic heterocycles. The molecule has 3 atom stereocenters. The maximum absolute atomic E-state index is 10.9. The summed E-state index contributed by atoms with van der Waals surface area (Å²) in [6.07, 6.45) is 3.58. The van der Waals surface area contributed by atoms with Gasteiger partial charge in [-0.05, 0) is 30.1 Å². The Labute approximate surface area is 68.2 Å². The number of fused-ring (bicyclic) bond motifs is 1. The predicted molar refractivity (Wildman–Crippen MR) is 44.2 cm³/mol. The van der Waals surface area contributed by atoms with Gasteiger partial charge < -0.3 is 4.79 Å². The fraction of sp³-hybridized carbons (Fsp3) is 0.900. The second-order valence-electron chi connectivity index (χ2n) is 5.07. The van der Waals surface area contributed by atoms with E-state index in [1.807, 2.05) is 0 Å². The number of carbonyl (C=O) groups is 1. The third kappa shape index (κ3) is 0.692. The van der Waals surface area contributed by atoms with Crippen LogP contribution in [0.3, 0.4) is 0 Å². The molecule has 1 heteroatoms. The lowest BCUT2D eigenvalue weighted by molar-refractivity contribution is -0.116. The van der Waals surface area contributed by atoms with Crippen LogP contribution in [0.1, 0.15) is 33.6 Å². The molecule has 0 heterocycles. The maximum Gasteiger partial charge on any atom is 0.126 e. The predicted octanol–water partition coefficient (Wildman–Crippen LogP) is 2.26. The average Bonchev–Trinajstić information content (AvgIpc) is 2.36. The summed E-state index contributed by atoms with van der Waals surface area (Å²) >= 11 is 0. The summed E-state index contributed by atoms with van der Waals surface area (Å²) < 4.78 is 0. The van der Waals surface area contributed by atoms with E-state index in [1.54, 1.807) is 0 Å². The van der Waals surface area contributed by atoms with Gasteiger partial charge in [0.25, 0.3) is 0 Å². The largest absolute Gasteiger partial charge is 0.303 e. The van der Waals surface area contributed by atoms with Crippen LogP contribution in [0.2, 0.25) is 0 Å². The van der Waals surface area contributed by atoms with Gasteiger partial charge in [0.2, 0.25) is 0 Å². The first kappa shape index (κ1) is 7.33. The Morgan fingerprint density at radius 2 is 2.00 bits per heavy atom. The zero-order valence-electron chi connectivity index (χ0n) is 7.55. The van der Waals surface area contributed by atoms with Gasteiger partial charge in [-0.2, -0.15) is 0 Å². The highest BCUT2D eigenvalue weighted by atomic mass is 16.1. The van der Waals surface area contributed by atoms with Gasteiger partial charge >= 0.3 is 0 Å². The van der Waals surface area contributed by atoms with E-state index in [2.05, 4.69) is 20.8 Å². The highest BCUT2D eigenvalue weighted by molar-refractivity contribution is 5.62. The molecule has 2 aliphatic rings. The fourth-order valence-electron chi connectivity index (χ4n) is 3.35. The summed E-state index contributed by atoms with van der Waals surface area (Å²) in [4.78, 5) is 10.9. The van der Waals surface area contributed by atoms with Crippen LogP contribution in [-0.4, -0.2) is 6.29 Å². The molecule has 0 N–H and O–H groups in total. The van der Waals surface area contributed by atoms with Crippen LogP contribution in [-0.2, 0) is 4.79 Å². The maximum atomic E-state index is 10.9. The molecule has 0 saturated heterocycles. The number of aldehydes is 1. The third-order valence-corrected chi connectivity index (χ3v) is 4.02. The number of hydrogen-bond donors (Lipinski definition) is 0. The lowest BCUT2D eigenvalue weighted by atomic mass is 9.81. The van der Waals surface area contributed by atoms with Gasteiger partial charge in [-0.25, -0.2) is 0 Å². The third-order valence-electron chi connectivity index (χ3n) is 4.02. The van der Waals surface area contributed by atoms with Crippen molar-refractivity contribution in [2.45, 2.75) is 33.6 Å². The van der Waals surface area contributed by atoms with Crippen LogP contribution in [0.4, 0.5) is 0 Å². The summed E-state index contributed by atoms with van der Waals surface area (Å²) in [6.45, 7) is 6.71. The molecule has 2 fully saturated rings. The van der Waals surface area contributed by atoms with Crippen molar-refractivity contribution in [3.05, 3.63) is 0 Å². The van der Waals surface area contributed by atoms with Crippen molar-refractivity contribution in [2.24, 2.45) is 22.7 Å². The second kappa shape index (κ2) is 1.70. The highest BCUT2D eigenvalue weighted by Gasteiger charge is 2.68. The van der Waals surface area contributed by atoms with E-state index in [1.165, 1.54) is 12.7 Å². The van der Waals surface area contributed by atoms with E-state index in [4.69, 9.17) is 0 Å². The molecule has 0 radical (unpaired) electrons.